The summed E-state index contributed by atoms with van der Waals surface area (Å²) in [5, 5.41) is 3.03. The van der Waals surface area contributed by atoms with Gasteiger partial charge < -0.3 is 14.8 Å². The second-order valence-electron chi connectivity index (χ2n) is 6.03. The molecule has 5 nitrogen and oxygen atoms in total. The first-order valence-corrected chi connectivity index (χ1v) is 7.24. The summed E-state index contributed by atoms with van der Waals surface area (Å²) in [4.78, 5) is 14.5. The van der Waals surface area contributed by atoms with Crippen molar-refractivity contribution < 1.29 is 14.3 Å². The van der Waals surface area contributed by atoms with Crippen LogP contribution in [0.4, 0.5) is 0 Å². The van der Waals surface area contributed by atoms with E-state index in [4.69, 9.17) is 9.47 Å². The highest BCUT2D eigenvalue weighted by molar-refractivity contribution is 5.79. The van der Waals surface area contributed by atoms with E-state index >= 15 is 0 Å². The van der Waals surface area contributed by atoms with E-state index in [1.54, 1.807) is 7.11 Å². The van der Waals surface area contributed by atoms with E-state index in [2.05, 4.69) is 24.1 Å². The molecule has 2 aliphatic rings. The van der Waals surface area contributed by atoms with Crippen molar-refractivity contribution in [1.82, 2.24) is 10.2 Å². The fraction of sp³-hybridized carbons (Fsp3) is 0.929. The number of ether oxygens (including phenoxy) is 2. The minimum absolute atomic E-state index is 0.0243. The molecular weight excluding hydrogens is 244 g/mol. The highest BCUT2D eigenvalue weighted by atomic mass is 16.5. The van der Waals surface area contributed by atoms with Gasteiger partial charge in [-0.1, -0.05) is 13.8 Å². The predicted octanol–water partition coefficient (Wildman–Crippen LogP) is 0.494. The molecule has 0 aromatic carbocycles. The third-order valence-electron chi connectivity index (χ3n) is 3.87. The summed E-state index contributed by atoms with van der Waals surface area (Å²) >= 11 is 0. The zero-order chi connectivity index (χ0) is 13.8. The molecule has 0 aromatic rings. The Kier molecular flexibility index (Phi) is 5.19. The van der Waals surface area contributed by atoms with E-state index in [0.717, 1.165) is 39.2 Å². The smallest absolute Gasteiger partial charge is 0.225 e. The van der Waals surface area contributed by atoms with E-state index in [0.29, 0.717) is 5.92 Å². The number of carbonyl (C=O) groups excluding carboxylic acids is 1. The molecule has 110 valence electrons. The van der Waals surface area contributed by atoms with Crippen LogP contribution in [0.15, 0.2) is 0 Å². The normalized spacial score (nSPS) is 30.8. The van der Waals surface area contributed by atoms with Gasteiger partial charge in [-0.15, -0.1) is 0 Å². The lowest BCUT2D eigenvalue weighted by atomic mass is 9.99. The molecule has 5 heteroatoms. The first-order valence-electron chi connectivity index (χ1n) is 7.24. The van der Waals surface area contributed by atoms with Crippen molar-refractivity contribution in [3.63, 3.8) is 0 Å². The topological polar surface area (TPSA) is 50.8 Å². The second-order valence-corrected chi connectivity index (χ2v) is 6.03. The molecule has 2 fully saturated rings. The second kappa shape index (κ2) is 6.68. The Morgan fingerprint density at radius 2 is 2.26 bits per heavy atom. The van der Waals surface area contributed by atoms with Gasteiger partial charge >= 0.3 is 0 Å². The van der Waals surface area contributed by atoms with Crippen molar-refractivity contribution in [1.29, 1.82) is 0 Å². The highest BCUT2D eigenvalue weighted by Gasteiger charge is 2.44. The quantitative estimate of drug-likeness (QED) is 0.763. The molecular formula is C14H26N2O3. The van der Waals surface area contributed by atoms with Crippen LogP contribution in [0, 0.1) is 11.8 Å². The lowest BCUT2D eigenvalue weighted by Gasteiger charge is -2.32. The van der Waals surface area contributed by atoms with Crippen LogP contribution in [0.3, 0.4) is 0 Å². The molecule has 0 spiro atoms. The molecule has 2 bridgehead atoms. The molecule has 2 saturated heterocycles. The fourth-order valence-corrected chi connectivity index (χ4v) is 2.85. The molecule has 1 N–H and O–H groups in total. The largest absolute Gasteiger partial charge is 0.383 e. The van der Waals surface area contributed by atoms with Gasteiger partial charge in [0, 0.05) is 33.3 Å². The number of nitrogens with zero attached hydrogens (tertiary/aromatic N) is 1. The Hall–Kier alpha value is -0.650. The number of hydrogen-bond acceptors (Lipinski definition) is 4. The number of carbonyl (C=O) groups is 1. The molecule has 1 amide bonds. The van der Waals surface area contributed by atoms with Crippen LogP contribution >= 0.6 is 0 Å². The molecule has 0 aromatic heterocycles. The van der Waals surface area contributed by atoms with Crippen molar-refractivity contribution in [3.05, 3.63) is 0 Å². The van der Waals surface area contributed by atoms with Crippen molar-refractivity contribution in [3.8, 4) is 0 Å². The summed E-state index contributed by atoms with van der Waals surface area (Å²) < 4.78 is 11.0. The average molecular weight is 270 g/mol. The SMILES string of the molecule is COCCN1CC2CC(C(=O)NCC(C)C)C(C1)O2. The van der Waals surface area contributed by atoms with Crippen molar-refractivity contribution >= 4 is 5.91 Å². The van der Waals surface area contributed by atoms with Crippen molar-refractivity contribution in [2.75, 3.05) is 39.9 Å². The highest BCUT2D eigenvalue weighted by Crippen LogP contribution is 2.31. The summed E-state index contributed by atoms with van der Waals surface area (Å²) in [7, 11) is 1.72. The van der Waals surface area contributed by atoms with E-state index in [1.807, 2.05) is 0 Å². The number of likely N-dealkylation sites (tertiary alicyclic amines) is 1. The van der Waals surface area contributed by atoms with E-state index in [9.17, 15) is 4.79 Å². The Morgan fingerprint density at radius 3 is 2.95 bits per heavy atom. The third-order valence-corrected chi connectivity index (χ3v) is 3.87. The summed E-state index contributed by atoms with van der Waals surface area (Å²) in [6.07, 6.45) is 1.13. The van der Waals surface area contributed by atoms with Gasteiger partial charge in [0.25, 0.3) is 0 Å². The molecule has 0 aliphatic carbocycles. The summed E-state index contributed by atoms with van der Waals surface area (Å²) in [6, 6.07) is 0. The molecule has 0 saturated carbocycles. The van der Waals surface area contributed by atoms with Crippen molar-refractivity contribution in [2.24, 2.45) is 11.8 Å². The monoisotopic (exact) mass is 270 g/mol. The van der Waals surface area contributed by atoms with Crippen LogP contribution in [-0.4, -0.2) is 62.9 Å². The zero-order valence-electron chi connectivity index (χ0n) is 12.2. The molecule has 2 rings (SSSR count). The Morgan fingerprint density at radius 1 is 1.47 bits per heavy atom. The van der Waals surface area contributed by atoms with Gasteiger partial charge in [-0.3, -0.25) is 9.69 Å². The van der Waals surface area contributed by atoms with E-state index < -0.39 is 0 Å². The molecule has 3 atom stereocenters. The van der Waals surface area contributed by atoms with Gasteiger partial charge in [0.05, 0.1) is 24.7 Å². The van der Waals surface area contributed by atoms with Crippen LogP contribution < -0.4 is 5.32 Å². The van der Waals surface area contributed by atoms with Crippen LogP contribution in [0.2, 0.25) is 0 Å². The Bertz CT molecular complexity index is 309. The van der Waals surface area contributed by atoms with Gasteiger partial charge in [0.1, 0.15) is 0 Å². The molecule has 3 unspecified atom stereocenters. The van der Waals surface area contributed by atoms with Crippen LogP contribution in [-0.2, 0) is 14.3 Å². The van der Waals surface area contributed by atoms with E-state index in [-0.39, 0.29) is 24.0 Å². The summed E-state index contributed by atoms with van der Waals surface area (Å²) in [5.74, 6) is 0.676. The van der Waals surface area contributed by atoms with E-state index in [1.165, 1.54) is 0 Å². The molecule has 2 aliphatic heterocycles. The standard InChI is InChI=1S/C14H26N2O3/c1-10(2)7-15-14(17)12-6-11-8-16(4-5-18-3)9-13(12)19-11/h10-13H,4-9H2,1-3H3,(H,15,17). The van der Waals surface area contributed by atoms with Gasteiger partial charge in [0.2, 0.25) is 5.91 Å². The number of amides is 1. The van der Waals surface area contributed by atoms with Gasteiger partial charge in [-0.2, -0.15) is 0 Å². The van der Waals surface area contributed by atoms with Crippen LogP contribution in [0.5, 0.6) is 0 Å². The number of nitrogens with one attached hydrogen (secondary N) is 1. The van der Waals surface area contributed by atoms with Gasteiger partial charge in [-0.25, -0.2) is 0 Å². The molecule has 19 heavy (non-hydrogen) atoms. The van der Waals surface area contributed by atoms with Gasteiger partial charge in [-0.05, 0) is 12.3 Å². The summed E-state index contributed by atoms with van der Waals surface area (Å²) in [6.45, 7) is 8.40. The maximum absolute atomic E-state index is 12.2. The number of rotatable bonds is 6. The summed E-state index contributed by atoms with van der Waals surface area (Å²) in [5.41, 5.74) is 0. The van der Waals surface area contributed by atoms with Crippen LogP contribution in [0.25, 0.3) is 0 Å². The Balaban J connectivity index is 1.83. The van der Waals surface area contributed by atoms with Crippen molar-refractivity contribution in [2.45, 2.75) is 32.5 Å². The first kappa shape index (κ1) is 14.8. The minimum atomic E-state index is 0.0243. The lowest BCUT2D eigenvalue weighted by molar-refractivity contribution is -0.128. The van der Waals surface area contributed by atoms with Crippen LogP contribution in [0.1, 0.15) is 20.3 Å². The Labute approximate surface area is 115 Å². The maximum Gasteiger partial charge on any atom is 0.225 e. The number of methoxy groups -OCH3 is 1. The zero-order valence-corrected chi connectivity index (χ0v) is 12.2. The number of morpholine rings is 1. The third kappa shape index (κ3) is 3.91. The average Bonchev–Trinajstić information content (AvgIpc) is 2.68. The lowest BCUT2D eigenvalue weighted by Crippen LogP contribution is -2.46. The minimum Gasteiger partial charge on any atom is -0.383 e. The first-order chi connectivity index (χ1) is 9.10. The molecule has 2 heterocycles. The number of fused-ring (bicyclic) bond motifs is 2. The fourth-order valence-electron chi connectivity index (χ4n) is 2.85. The predicted molar refractivity (Wildman–Crippen MR) is 72.9 cm³/mol. The number of hydrogen-bond donors (Lipinski definition) is 1. The maximum atomic E-state index is 12.2. The van der Waals surface area contributed by atoms with Gasteiger partial charge in [0.15, 0.2) is 0 Å². The molecule has 0 radical (unpaired) electrons.